The third-order valence-corrected chi connectivity index (χ3v) is 8.89. The number of rotatable bonds is 10. The molecule has 4 aromatic rings. The lowest BCUT2D eigenvalue weighted by Gasteiger charge is -2.26. The lowest BCUT2D eigenvalue weighted by atomic mass is 9.97. The first kappa shape index (κ1) is 37.4. The van der Waals surface area contributed by atoms with Crippen LogP contribution in [0.5, 0.6) is 11.6 Å². The smallest absolute Gasteiger partial charge is 0.420 e. The highest BCUT2D eigenvalue weighted by Gasteiger charge is 2.37. The van der Waals surface area contributed by atoms with Crippen LogP contribution in [0, 0.1) is 20.8 Å². The molecule has 0 saturated carbocycles. The molecule has 14 heteroatoms. The number of nitrogens with one attached hydrogen (secondary N) is 1. The quantitative estimate of drug-likeness (QED) is 0.129. The maximum atomic E-state index is 13.5. The van der Waals surface area contributed by atoms with Crippen LogP contribution >= 0.6 is 0 Å². The molecule has 1 fully saturated rings. The summed E-state index contributed by atoms with van der Waals surface area (Å²) >= 11 is 0. The van der Waals surface area contributed by atoms with Gasteiger partial charge in [0.25, 0.3) is 0 Å². The van der Waals surface area contributed by atoms with E-state index in [0.717, 1.165) is 49.8 Å². The lowest BCUT2D eigenvalue weighted by molar-refractivity contribution is -0.143. The van der Waals surface area contributed by atoms with Crippen molar-refractivity contribution in [3.8, 4) is 22.9 Å². The van der Waals surface area contributed by atoms with Gasteiger partial charge in [-0.05, 0) is 100 Å². The Labute approximate surface area is 292 Å². The molecule has 8 nitrogen and oxygen atoms in total. The fourth-order valence-corrected chi connectivity index (χ4v) is 5.75. The van der Waals surface area contributed by atoms with Crippen LogP contribution < -0.4 is 19.7 Å². The van der Waals surface area contributed by atoms with Crippen LogP contribution in [-0.4, -0.2) is 54.2 Å². The van der Waals surface area contributed by atoms with Gasteiger partial charge < -0.3 is 19.7 Å². The number of ether oxygens (including phenoxy) is 2. The van der Waals surface area contributed by atoms with Crippen LogP contribution in [0.2, 0.25) is 0 Å². The van der Waals surface area contributed by atoms with E-state index in [1.807, 2.05) is 39.0 Å². The number of hydrogen-bond donors (Lipinski definition) is 1. The number of halogens is 6. The van der Waals surface area contributed by atoms with Crippen molar-refractivity contribution >= 4 is 23.4 Å². The van der Waals surface area contributed by atoms with Gasteiger partial charge in [-0.15, -0.1) is 0 Å². The predicted octanol–water partition coefficient (Wildman–Crippen LogP) is 9.74. The highest BCUT2D eigenvalue weighted by molar-refractivity contribution is 5.89. The van der Waals surface area contributed by atoms with Gasteiger partial charge in [0.2, 0.25) is 11.8 Å². The molecule has 5 rings (SSSR count). The minimum atomic E-state index is -5.09. The zero-order valence-electron chi connectivity index (χ0n) is 28.7. The number of alkyl halides is 6. The van der Waals surface area contributed by atoms with Crippen LogP contribution in [-0.2, 0) is 12.4 Å². The van der Waals surface area contributed by atoms with Crippen molar-refractivity contribution in [3.05, 3.63) is 88.5 Å². The van der Waals surface area contributed by atoms with E-state index in [-0.39, 0.29) is 17.9 Å². The van der Waals surface area contributed by atoms with Gasteiger partial charge >= 0.3 is 18.4 Å². The maximum Gasteiger partial charge on any atom is 0.420 e. The van der Waals surface area contributed by atoms with Gasteiger partial charge in [0.1, 0.15) is 5.75 Å². The molecule has 0 spiro atoms. The number of carbonyl (C=O) groups excluding carboxylic acids is 1. The molecule has 1 aliphatic rings. The second-order valence-electron chi connectivity index (χ2n) is 12.5. The average molecular weight is 716 g/mol. The summed E-state index contributed by atoms with van der Waals surface area (Å²) in [6, 6.07) is 13.1. The van der Waals surface area contributed by atoms with E-state index >= 15 is 0 Å². The zero-order chi connectivity index (χ0) is 36.9. The first-order valence-electron chi connectivity index (χ1n) is 16.5. The van der Waals surface area contributed by atoms with Crippen LogP contribution in [0.1, 0.15) is 53.5 Å². The molecule has 1 amide bonds. The Balaban J connectivity index is 1.40. The molecular weight excluding hydrogens is 676 g/mol. The standard InChI is InChI=1S/C37H39F6N5O3/c1-23-12-13-31(25(3)24(23)2)32-22-33(51-35(49)47(4)29-19-26(36(38,39)40)18-27(20-29)37(41,42)43)46-34(45-32)44-28-10-8-11-30(21-28)50-17-9-16-48-14-6-5-7-15-48/h8,10-13,18-22H,5-7,9,14-17H2,1-4H3,(H,44,45,46). The molecule has 1 aliphatic heterocycles. The second-order valence-corrected chi connectivity index (χ2v) is 12.5. The average Bonchev–Trinajstić information content (AvgIpc) is 3.08. The monoisotopic (exact) mass is 715 g/mol. The van der Waals surface area contributed by atoms with Gasteiger partial charge in [-0.25, -0.2) is 9.78 Å². The van der Waals surface area contributed by atoms with Gasteiger partial charge in [-0.1, -0.05) is 24.6 Å². The lowest BCUT2D eigenvalue weighted by Crippen LogP contribution is -2.31. The molecular formula is C37H39F6N5O3. The summed E-state index contributed by atoms with van der Waals surface area (Å²) in [7, 11) is 1.00. The SMILES string of the molecule is Cc1ccc(-c2cc(OC(=O)N(C)c3cc(C(F)(F)F)cc(C(F)(F)F)c3)nc(Nc3cccc(OCCCN4CCCCC4)c3)n2)c(C)c1C. The molecule has 0 radical (unpaired) electrons. The van der Waals surface area contributed by atoms with Crippen molar-refractivity contribution in [2.75, 3.05) is 43.5 Å². The third kappa shape index (κ3) is 9.69. The molecule has 1 aromatic heterocycles. The predicted molar refractivity (Wildman–Crippen MR) is 183 cm³/mol. The molecule has 0 atom stereocenters. The number of carbonyl (C=O) groups is 1. The molecule has 2 heterocycles. The van der Waals surface area contributed by atoms with Crippen molar-refractivity contribution in [3.63, 3.8) is 0 Å². The van der Waals surface area contributed by atoms with Crippen LogP contribution in [0.25, 0.3) is 11.3 Å². The van der Waals surface area contributed by atoms with E-state index in [9.17, 15) is 31.1 Å². The van der Waals surface area contributed by atoms with Gasteiger partial charge in [0, 0.05) is 42.7 Å². The van der Waals surface area contributed by atoms with E-state index in [1.54, 1.807) is 18.2 Å². The minimum absolute atomic E-state index is 0.0150. The Morgan fingerprint density at radius 1 is 0.863 bits per heavy atom. The second kappa shape index (κ2) is 15.6. The van der Waals surface area contributed by atoms with Crippen molar-refractivity contribution in [1.29, 1.82) is 0 Å². The number of piperidine rings is 1. The normalized spacial score (nSPS) is 13.9. The summed E-state index contributed by atoms with van der Waals surface area (Å²) in [6.07, 6.45) is -6.87. The molecule has 0 bridgehead atoms. The number of benzene rings is 3. The largest absolute Gasteiger partial charge is 0.493 e. The molecule has 272 valence electrons. The van der Waals surface area contributed by atoms with Crippen LogP contribution in [0.3, 0.4) is 0 Å². The number of nitrogens with zero attached hydrogens (tertiary/aromatic N) is 4. The van der Waals surface area contributed by atoms with E-state index in [4.69, 9.17) is 9.47 Å². The van der Waals surface area contributed by atoms with Crippen LogP contribution in [0.4, 0.5) is 48.5 Å². The summed E-state index contributed by atoms with van der Waals surface area (Å²) in [4.78, 5) is 25.2. The summed E-state index contributed by atoms with van der Waals surface area (Å²) in [5.41, 5.74) is 0.774. The summed E-state index contributed by atoms with van der Waals surface area (Å²) in [6.45, 7) is 9.53. The Bertz CT molecular complexity index is 1830. The summed E-state index contributed by atoms with van der Waals surface area (Å²) < 4.78 is 92.4. The number of aryl methyl sites for hydroxylation is 1. The molecule has 0 aliphatic carbocycles. The molecule has 0 unspecified atom stereocenters. The fourth-order valence-electron chi connectivity index (χ4n) is 5.75. The molecule has 1 saturated heterocycles. The number of aromatic nitrogens is 2. The van der Waals surface area contributed by atoms with Crippen molar-refractivity contribution in [2.24, 2.45) is 0 Å². The van der Waals surface area contributed by atoms with E-state index in [0.29, 0.717) is 46.3 Å². The van der Waals surface area contributed by atoms with E-state index in [1.165, 1.54) is 25.3 Å². The van der Waals surface area contributed by atoms with Crippen LogP contribution in [0.15, 0.2) is 60.7 Å². The van der Waals surface area contributed by atoms with E-state index < -0.39 is 35.3 Å². The Morgan fingerprint density at radius 2 is 1.55 bits per heavy atom. The highest BCUT2D eigenvalue weighted by Crippen LogP contribution is 2.38. The Kier molecular flexibility index (Phi) is 11.4. The molecule has 1 N–H and O–H groups in total. The highest BCUT2D eigenvalue weighted by atomic mass is 19.4. The van der Waals surface area contributed by atoms with Gasteiger partial charge in [0.15, 0.2) is 0 Å². The number of amides is 1. The van der Waals surface area contributed by atoms with Crippen molar-refractivity contribution in [2.45, 2.75) is 58.8 Å². The first-order chi connectivity index (χ1) is 24.1. The third-order valence-electron chi connectivity index (χ3n) is 8.89. The van der Waals surface area contributed by atoms with Gasteiger partial charge in [0.05, 0.1) is 23.4 Å². The van der Waals surface area contributed by atoms with Crippen molar-refractivity contribution in [1.82, 2.24) is 14.9 Å². The van der Waals surface area contributed by atoms with E-state index in [2.05, 4.69) is 20.2 Å². The Hall–Kier alpha value is -4.85. The topological polar surface area (TPSA) is 79.8 Å². The molecule has 3 aromatic carbocycles. The summed E-state index contributed by atoms with van der Waals surface area (Å²) in [5.74, 6) is 0.355. The Morgan fingerprint density at radius 3 is 2.22 bits per heavy atom. The molecule has 51 heavy (non-hydrogen) atoms. The number of anilines is 3. The number of hydrogen-bond acceptors (Lipinski definition) is 7. The minimum Gasteiger partial charge on any atom is -0.493 e. The fraction of sp³-hybridized carbons (Fsp3) is 0.378. The summed E-state index contributed by atoms with van der Waals surface area (Å²) in [5, 5.41) is 3.10. The maximum absolute atomic E-state index is 13.5. The van der Waals surface area contributed by atoms with Crippen molar-refractivity contribution < 1.29 is 40.6 Å². The first-order valence-corrected chi connectivity index (χ1v) is 16.5. The van der Waals surface area contributed by atoms with Gasteiger partial charge in [-0.3, -0.25) is 4.90 Å². The number of likely N-dealkylation sites (tertiary alicyclic amines) is 1. The van der Waals surface area contributed by atoms with Gasteiger partial charge in [-0.2, -0.15) is 31.3 Å². The zero-order valence-corrected chi connectivity index (χ0v) is 28.7.